The number of nitrogens with zero attached hydrogens (tertiary/aromatic N) is 3. The lowest BCUT2D eigenvalue weighted by atomic mass is 10.1. The quantitative estimate of drug-likeness (QED) is 0.332. The molecule has 0 aliphatic heterocycles. The normalized spacial score (nSPS) is 12.0. The maximum Gasteiger partial charge on any atom is 0.170 e. The molecule has 0 aliphatic rings. The van der Waals surface area contributed by atoms with E-state index in [0.717, 1.165) is 26.5 Å². The number of hydrogen-bond donors (Lipinski definition) is 2. The van der Waals surface area contributed by atoms with Crippen molar-refractivity contribution in [3.63, 3.8) is 0 Å². The summed E-state index contributed by atoms with van der Waals surface area (Å²) in [5, 5.41) is 12.9. The number of hydrogen-bond acceptors (Lipinski definition) is 3. The van der Waals surface area contributed by atoms with E-state index in [-0.39, 0.29) is 5.84 Å². The summed E-state index contributed by atoms with van der Waals surface area (Å²) in [4.78, 5) is 4.17. The second-order valence-electron chi connectivity index (χ2n) is 4.68. The lowest BCUT2D eigenvalue weighted by molar-refractivity contribution is 0.318. The van der Waals surface area contributed by atoms with Crippen molar-refractivity contribution in [1.29, 1.82) is 0 Å². The number of pyridine rings is 1. The Kier molecular flexibility index (Phi) is 3.62. The first-order valence-corrected chi connectivity index (χ1v) is 7.13. The number of oxime groups is 1. The molecular formula is C15H13BrN4O. The zero-order valence-electron chi connectivity index (χ0n) is 11.1. The van der Waals surface area contributed by atoms with Gasteiger partial charge >= 0.3 is 0 Å². The molecule has 0 radical (unpaired) electrons. The molecule has 0 bridgehead atoms. The van der Waals surface area contributed by atoms with E-state index in [2.05, 4.69) is 30.6 Å². The van der Waals surface area contributed by atoms with Crippen molar-refractivity contribution in [3.8, 4) is 0 Å². The first kappa shape index (κ1) is 13.6. The van der Waals surface area contributed by atoms with Crippen molar-refractivity contribution in [2.24, 2.45) is 10.9 Å². The largest absolute Gasteiger partial charge is 0.409 e. The molecule has 0 aliphatic carbocycles. The molecule has 0 amide bonds. The van der Waals surface area contributed by atoms with Crippen LogP contribution in [0.5, 0.6) is 0 Å². The maximum absolute atomic E-state index is 8.86. The fourth-order valence-corrected chi connectivity index (χ4v) is 2.79. The minimum absolute atomic E-state index is 0.113. The number of rotatable bonds is 3. The van der Waals surface area contributed by atoms with Gasteiger partial charge in [0.1, 0.15) is 0 Å². The van der Waals surface area contributed by atoms with Crippen molar-refractivity contribution < 1.29 is 5.21 Å². The van der Waals surface area contributed by atoms with Crippen LogP contribution in [0.4, 0.5) is 0 Å². The lowest BCUT2D eigenvalue weighted by Crippen LogP contribution is -2.13. The Hall–Kier alpha value is -2.34. The highest BCUT2D eigenvalue weighted by Gasteiger charge is 2.09. The van der Waals surface area contributed by atoms with Crippen molar-refractivity contribution in [2.75, 3.05) is 0 Å². The SMILES string of the molecule is N/C(=N/O)c1cccc2c1ccn2Cc1cncc(Br)c1. The Balaban J connectivity index is 2.05. The molecule has 5 nitrogen and oxygen atoms in total. The monoisotopic (exact) mass is 344 g/mol. The molecule has 3 aromatic rings. The first-order chi connectivity index (χ1) is 10.2. The third-order valence-electron chi connectivity index (χ3n) is 3.31. The molecule has 2 heterocycles. The van der Waals surface area contributed by atoms with Crippen LogP contribution in [0.15, 0.2) is 58.6 Å². The minimum atomic E-state index is 0.113. The number of amidine groups is 1. The van der Waals surface area contributed by atoms with Gasteiger partial charge in [-0.3, -0.25) is 4.98 Å². The molecular weight excluding hydrogens is 332 g/mol. The standard InChI is InChI=1S/C15H13BrN4O/c16-11-6-10(7-18-8-11)9-20-5-4-12-13(15(17)19-21)2-1-3-14(12)20/h1-8,21H,9H2,(H2,17,19). The van der Waals surface area contributed by atoms with Crippen LogP contribution < -0.4 is 5.73 Å². The van der Waals surface area contributed by atoms with Gasteiger partial charge in [0.2, 0.25) is 0 Å². The van der Waals surface area contributed by atoms with E-state index in [1.54, 1.807) is 6.20 Å². The lowest BCUT2D eigenvalue weighted by Gasteiger charge is -2.07. The van der Waals surface area contributed by atoms with Gasteiger partial charge in [-0.15, -0.1) is 0 Å². The van der Waals surface area contributed by atoms with Gasteiger partial charge in [-0.2, -0.15) is 0 Å². The van der Waals surface area contributed by atoms with Crippen LogP contribution in [-0.4, -0.2) is 20.6 Å². The molecule has 3 rings (SSSR count). The van der Waals surface area contributed by atoms with Gasteiger partial charge in [0.25, 0.3) is 0 Å². The van der Waals surface area contributed by atoms with Crippen LogP contribution >= 0.6 is 15.9 Å². The molecule has 0 atom stereocenters. The first-order valence-electron chi connectivity index (χ1n) is 6.34. The van der Waals surface area contributed by atoms with Gasteiger partial charge < -0.3 is 15.5 Å². The van der Waals surface area contributed by atoms with E-state index in [0.29, 0.717) is 6.54 Å². The number of halogens is 1. The molecule has 2 aromatic heterocycles. The van der Waals surface area contributed by atoms with E-state index < -0.39 is 0 Å². The van der Waals surface area contributed by atoms with Crippen molar-refractivity contribution in [2.45, 2.75) is 6.54 Å². The molecule has 106 valence electrons. The van der Waals surface area contributed by atoms with Crippen LogP contribution in [0, 0.1) is 0 Å². The van der Waals surface area contributed by atoms with Crippen LogP contribution in [0.2, 0.25) is 0 Å². The summed E-state index contributed by atoms with van der Waals surface area (Å²) in [5.74, 6) is 0.113. The van der Waals surface area contributed by atoms with Crippen LogP contribution in [0.3, 0.4) is 0 Å². The Morgan fingerprint density at radius 3 is 2.95 bits per heavy atom. The fraction of sp³-hybridized carbons (Fsp3) is 0.0667. The zero-order valence-corrected chi connectivity index (χ0v) is 12.7. The maximum atomic E-state index is 8.86. The Morgan fingerprint density at radius 2 is 2.19 bits per heavy atom. The van der Waals surface area contributed by atoms with E-state index in [1.807, 2.05) is 42.7 Å². The van der Waals surface area contributed by atoms with Crippen LogP contribution in [-0.2, 0) is 6.54 Å². The van der Waals surface area contributed by atoms with Crippen molar-refractivity contribution >= 4 is 32.7 Å². The summed E-state index contributed by atoms with van der Waals surface area (Å²) in [6.45, 7) is 0.704. The topological polar surface area (TPSA) is 76.4 Å². The zero-order chi connectivity index (χ0) is 14.8. The summed E-state index contributed by atoms with van der Waals surface area (Å²) in [6, 6.07) is 9.74. The highest BCUT2D eigenvalue weighted by atomic mass is 79.9. The van der Waals surface area contributed by atoms with Gasteiger partial charge in [0.15, 0.2) is 5.84 Å². The second-order valence-corrected chi connectivity index (χ2v) is 5.59. The molecule has 1 aromatic carbocycles. The van der Waals surface area contributed by atoms with Gasteiger partial charge in [-0.25, -0.2) is 0 Å². The van der Waals surface area contributed by atoms with E-state index in [1.165, 1.54) is 0 Å². The van der Waals surface area contributed by atoms with E-state index in [9.17, 15) is 0 Å². The van der Waals surface area contributed by atoms with Gasteiger partial charge in [-0.1, -0.05) is 17.3 Å². The third kappa shape index (κ3) is 2.62. The molecule has 0 fully saturated rings. The average Bonchev–Trinajstić information content (AvgIpc) is 2.90. The predicted molar refractivity (Wildman–Crippen MR) is 85.5 cm³/mol. The third-order valence-corrected chi connectivity index (χ3v) is 3.75. The highest BCUT2D eigenvalue weighted by Crippen LogP contribution is 2.21. The van der Waals surface area contributed by atoms with Crippen LogP contribution in [0.25, 0.3) is 10.9 Å². The van der Waals surface area contributed by atoms with Crippen molar-refractivity contribution in [1.82, 2.24) is 9.55 Å². The number of aromatic nitrogens is 2. The summed E-state index contributed by atoms with van der Waals surface area (Å²) in [5.41, 5.74) is 8.56. The summed E-state index contributed by atoms with van der Waals surface area (Å²) in [6.07, 6.45) is 5.58. The molecule has 3 N–H and O–H groups in total. The molecule has 21 heavy (non-hydrogen) atoms. The number of fused-ring (bicyclic) bond motifs is 1. The summed E-state index contributed by atoms with van der Waals surface area (Å²) in [7, 11) is 0. The Bertz CT molecular complexity index is 825. The molecule has 6 heteroatoms. The highest BCUT2D eigenvalue weighted by molar-refractivity contribution is 9.10. The second kappa shape index (κ2) is 5.57. The van der Waals surface area contributed by atoms with Gasteiger partial charge in [-0.05, 0) is 39.7 Å². The fourth-order valence-electron chi connectivity index (χ4n) is 2.38. The molecule has 0 saturated carbocycles. The van der Waals surface area contributed by atoms with Gasteiger partial charge in [0.05, 0.1) is 0 Å². The van der Waals surface area contributed by atoms with Gasteiger partial charge in [0, 0.05) is 46.1 Å². The predicted octanol–water partition coefficient (Wildman–Crippen LogP) is 2.94. The molecule has 0 saturated heterocycles. The van der Waals surface area contributed by atoms with E-state index >= 15 is 0 Å². The Morgan fingerprint density at radius 1 is 1.33 bits per heavy atom. The summed E-state index contributed by atoms with van der Waals surface area (Å²) < 4.78 is 3.06. The smallest absolute Gasteiger partial charge is 0.170 e. The van der Waals surface area contributed by atoms with E-state index in [4.69, 9.17) is 10.9 Å². The van der Waals surface area contributed by atoms with Crippen LogP contribution in [0.1, 0.15) is 11.1 Å². The number of benzene rings is 1. The average molecular weight is 345 g/mol. The summed E-state index contributed by atoms with van der Waals surface area (Å²) >= 11 is 3.42. The minimum Gasteiger partial charge on any atom is -0.409 e. The van der Waals surface area contributed by atoms with Crippen molar-refractivity contribution in [3.05, 3.63) is 64.5 Å². The molecule has 0 unspecified atom stereocenters. The molecule has 0 spiro atoms. The number of nitrogens with two attached hydrogens (primary N) is 1. The Labute approximate surface area is 129 Å².